The number of ether oxygens (including phenoxy) is 1. The van der Waals surface area contributed by atoms with Crippen LogP contribution in [0.25, 0.3) is 10.8 Å². The van der Waals surface area contributed by atoms with Crippen LogP contribution in [0.3, 0.4) is 0 Å². The number of benzene rings is 2. The number of para-hydroxylation sites is 1. The minimum Gasteiger partial charge on any atom is -0.504 e. The number of aromatic hydroxyl groups is 1. The number of hydrogen-bond acceptors (Lipinski definition) is 6. The summed E-state index contributed by atoms with van der Waals surface area (Å²) in [6.07, 6.45) is 1.48. The number of hydrogen-bond donors (Lipinski definition) is 2. The first-order chi connectivity index (χ1) is 11.2. The Labute approximate surface area is 137 Å². The van der Waals surface area contributed by atoms with Crippen molar-refractivity contribution in [3.8, 4) is 11.5 Å². The van der Waals surface area contributed by atoms with Gasteiger partial charge in [-0.1, -0.05) is 41.9 Å². The van der Waals surface area contributed by atoms with Crippen LogP contribution in [-0.4, -0.2) is 28.6 Å². The average Bonchev–Trinajstić information content (AvgIpc) is 2.58. The van der Waals surface area contributed by atoms with Crippen LogP contribution in [-0.2, 0) is 0 Å². The van der Waals surface area contributed by atoms with Crippen LogP contribution in [0.4, 0.5) is 5.82 Å². The van der Waals surface area contributed by atoms with Crippen molar-refractivity contribution < 1.29 is 9.84 Å². The second-order valence-corrected chi connectivity index (χ2v) is 5.01. The van der Waals surface area contributed by atoms with Crippen molar-refractivity contribution in [3.63, 3.8) is 0 Å². The molecule has 0 saturated heterocycles. The van der Waals surface area contributed by atoms with Gasteiger partial charge in [-0.3, -0.25) is 5.43 Å². The van der Waals surface area contributed by atoms with E-state index in [0.717, 1.165) is 10.8 Å². The number of methoxy groups -OCH3 is 1. The first-order valence-electron chi connectivity index (χ1n) is 6.76. The highest BCUT2D eigenvalue weighted by Crippen LogP contribution is 2.28. The lowest BCUT2D eigenvalue weighted by Crippen LogP contribution is -1.97. The summed E-state index contributed by atoms with van der Waals surface area (Å²) in [5.41, 5.74) is 3.33. The monoisotopic (exact) mass is 328 g/mol. The van der Waals surface area contributed by atoms with E-state index in [9.17, 15) is 5.11 Å². The summed E-state index contributed by atoms with van der Waals surface area (Å²) >= 11 is 6.03. The van der Waals surface area contributed by atoms with Gasteiger partial charge in [-0.05, 0) is 12.1 Å². The van der Waals surface area contributed by atoms with Crippen LogP contribution < -0.4 is 10.2 Å². The molecular formula is C16H13ClN4O2. The SMILES string of the molecule is COc1cccc(/C=N/Nc2nnc(Cl)c3ccccc23)c1O. The van der Waals surface area contributed by atoms with Crippen molar-refractivity contribution in [3.05, 3.63) is 53.2 Å². The molecule has 0 bridgehead atoms. The summed E-state index contributed by atoms with van der Waals surface area (Å²) in [5, 5.41) is 23.9. The Morgan fingerprint density at radius 1 is 1.13 bits per heavy atom. The van der Waals surface area contributed by atoms with Gasteiger partial charge >= 0.3 is 0 Å². The summed E-state index contributed by atoms with van der Waals surface area (Å²) in [7, 11) is 1.49. The zero-order valence-electron chi connectivity index (χ0n) is 12.2. The fraction of sp³-hybridized carbons (Fsp3) is 0.0625. The van der Waals surface area contributed by atoms with Gasteiger partial charge in [0.15, 0.2) is 22.5 Å². The van der Waals surface area contributed by atoms with Crippen LogP contribution in [0.1, 0.15) is 5.56 Å². The molecule has 1 aromatic heterocycles. The van der Waals surface area contributed by atoms with Crippen molar-refractivity contribution in [1.29, 1.82) is 0 Å². The molecule has 0 unspecified atom stereocenters. The number of aromatic nitrogens is 2. The van der Waals surface area contributed by atoms with Crippen molar-refractivity contribution in [2.45, 2.75) is 0 Å². The Bertz CT molecular complexity index is 883. The predicted octanol–water partition coefficient (Wildman–Crippen LogP) is 3.44. The number of halogens is 1. The lowest BCUT2D eigenvalue weighted by atomic mass is 10.2. The molecule has 2 N–H and O–H groups in total. The zero-order valence-corrected chi connectivity index (χ0v) is 12.9. The molecule has 3 rings (SSSR count). The lowest BCUT2D eigenvalue weighted by molar-refractivity contribution is 0.373. The molecular weight excluding hydrogens is 316 g/mol. The van der Waals surface area contributed by atoms with E-state index >= 15 is 0 Å². The first-order valence-corrected chi connectivity index (χ1v) is 7.14. The quantitative estimate of drug-likeness (QED) is 0.566. The predicted molar refractivity (Wildman–Crippen MR) is 90.4 cm³/mol. The third kappa shape index (κ3) is 3.02. The number of fused-ring (bicyclic) bond motifs is 1. The number of anilines is 1. The number of phenolic OH excluding ortho intramolecular Hbond substituents is 1. The van der Waals surface area contributed by atoms with Gasteiger partial charge in [-0.2, -0.15) is 5.10 Å². The second kappa shape index (κ2) is 6.50. The largest absolute Gasteiger partial charge is 0.504 e. The summed E-state index contributed by atoms with van der Waals surface area (Å²) in [6.45, 7) is 0. The van der Waals surface area contributed by atoms with Crippen LogP contribution in [0.2, 0.25) is 5.15 Å². The lowest BCUT2D eigenvalue weighted by Gasteiger charge is -2.06. The Morgan fingerprint density at radius 3 is 2.70 bits per heavy atom. The molecule has 0 amide bonds. The molecule has 3 aromatic rings. The molecule has 2 aromatic carbocycles. The molecule has 1 heterocycles. The molecule has 23 heavy (non-hydrogen) atoms. The highest BCUT2D eigenvalue weighted by Gasteiger charge is 2.07. The van der Waals surface area contributed by atoms with E-state index in [1.807, 2.05) is 24.3 Å². The van der Waals surface area contributed by atoms with Crippen LogP contribution in [0, 0.1) is 0 Å². The Morgan fingerprint density at radius 2 is 1.91 bits per heavy atom. The third-order valence-electron chi connectivity index (χ3n) is 3.27. The van der Waals surface area contributed by atoms with Gasteiger partial charge in [0.25, 0.3) is 0 Å². The van der Waals surface area contributed by atoms with Gasteiger partial charge in [-0.15, -0.1) is 10.2 Å². The minimum atomic E-state index is 0.0209. The van der Waals surface area contributed by atoms with Gasteiger partial charge in [-0.25, -0.2) is 0 Å². The van der Waals surface area contributed by atoms with E-state index in [1.54, 1.807) is 18.2 Å². The smallest absolute Gasteiger partial charge is 0.176 e. The molecule has 7 heteroatoms. The molecule has 0 spiro atoms. The summed E-state index contributed by atoms with van der Waals surface area (Å²) < 4.78 is 5.05. The number of rotatable bonds is 4. The van der Waals surface area contributed by atoms with Crippen molar-refractivity contribution in [2.75, 3.05) is 12.5 Å². The Balaban J connectivity index is 1.88. The summed E-state index contributed by atoms with van der Waals surface area (Å²) in [5.74, 6) is 0.877. The minimum absolute atomic E-state index is 0.0209. The van der Waals surface area contributed by atoms with E-state index in [0.29, 0.717) is 22.3 Å². The summed E-state index contributed by atoms with van der Waals surface area (Å²) in [4.78, 5) is 0. The van der Waals surface area contributed by atoms with E-state index in [2.05, 4.69) is 20.7 Å². The molecule has 0 radical (unpaired) electrons. The molecule has 0 fully saturated rings. The van der Waals surface area contributed by atoms with E-state index in [1.165, 1.54) is 13.3 Å². The van der Waals surface area contributed by atoms with Crippen LogP contribution >= 0.6 is 11.6 Å². The highest BCUT2D eigenvalue weighted by atomic mass is 35.5. The zero-order chi connectivity index (χ0) is 16.2. The van der Waals surface area contributed by atoms with Crippen LogP contribution in [0.5, 0.6) is 11.5 Å². The van der Waals surface area contributed by atoms with Gasteiger partial charge in [0.2, 0.25) is 0 Å². The van der Waals surface area contributed by atoms with Crippen molar-refractivity contribution >= 4 is 34.4 Å². The molecule has 6 nitrogen and oxygen atoms in total. The molecule has 116 valence electrons. The van der Waals surface area contributed by atoms with E-state index < -0.39 is 0 Å². The topological polar surface area (TPSA) is 79.6 Å². The molecule has 0 aliphatic rings. The van der Waals surface area contributed by atoms with Gasteiger partial charge in [0.05, 0.1) is 13.3 Å². The Hall–Kier alpha value is -2.86. The fourth-order valence-corrected chi connectivity index (χ4v) is 2.33. The van der Waals surface area contributed by atoms with Gasteiger partial charge in [0, 0.05) is 16.3 Å². The average molecular weight is 329 g/mol. The molecule has 0 aliphatic heterocycles. The standard InChI is InChI=1S/C16H13ClN4O2/c1-23-13-8-4-5-10(14(13)22)9-18-20-16-12-7-3-2-6-11(12)15(17)19-21-16/h2-9,22H,1H3,(H,20,21)/b18-9+. The fourth-order valence-electron chi connectivity index (χ4n) is 2.12. The normalized spacial score (nSPS) is 11.0. The first kappa shape index (κ1) is 15.1. The highest BCUT2D eigenvalue weighted by molar-refractivity contribution is 6.34. The van der Waals surface area contributed by atoms with Gasteiger partial charge in [0.1, 0.15) is 0 Å². The van der Waals surface area contributed by atoms with E-state index in [-0.39, 0.29) is 5.75 Å². The number of nitrogens with zero attached hydrogens (tertiary/aromatic N) is 3. The van der Waals surface area contributed by atoms with Crippen molar-refractivity contribution in [2.24, 2.45) is 5.10 Å². The Kier molecular flexibility index (Phi) is 4.25. The summed E-state index contributed by atoms with van der Waals surface area (Å²) in [6, 6.07) is 12.6. The number of nitrogens with one attached hydrogen (secondary N) is 1. The molecule has 0 saturated carbocycles. The third-order valence-corrected chi connectivity index (χ3v) is 3.55. The number of phenols is 1. The number of hydrazone groups is 1. The van der Waals surface area contributed by atoms with Gasteiger partial charge < -0.3 is 9.84 Å². The maximum atomic E-state index is 10.0. The van der Waals surface area contributed by atoms with E-state index in [4.69, 9.17) is 16.3 Å². The molecule has 0 aliphatic carbocycles. The maximum Gasteiger partial charge on any atom is 0.176 e. The van der Waals surface area contributed by atoms with Crippen LogP contribution in [0.15, 0.2) is 47.6 Å². The maximum absolute atomic E-state index is 10.0. The molecule has 0 atom stereocenters. The van der Waals surface area contributed by atoms with Crippen molar-refractivity contribution in [1.82, 2.24) is 10.2 Å². The second-order valence-electron chi connectivity index (χ2n) is 4.65.